The van der Waals surface area contributed by atoms with Crippen LogP contribution in [0.3, 0.4) is 0 Å². The van der Waals surface area contributed by atoms with Gasteiger partial charge in [-0.15, -0.1) is 0 Å². The Hall–Kier alpha value is -1.25. The van der Waals surface area contributed by atoms with E-state index in [9.17, 15) is 24.9 Å². The van der Waals surface area contributed by atoms with Gasteiger partial charge in [0.2, 0.25) is 5.91 Å². The van der Waals surface area contributed by atoms with Crippen LogP contribution < -0.4 is 5.32 Å². The topological polar surface area (TPSA) is 116 Å². The van der Waals surface area contributed by atoms with Gasteiger partial charge in [0.25, 0.3) is 0 Å². The van der Waals surface area contributed by atoms with Gasteiger partial charge < -0.3 is 25.4 Å². The number of ether oxygens (including phenoxy) is 1. The van der Waals surface area contributed by atoms with Crippen molar-refractivity contribution >= 4 is 23.3 Å². The molecule has 0 heterocycles. The van der Waals surface area contributed by atoms with Crippen molar-refractivity contribution in [1.29, 1.82) is 0 Å². The second kappa shape index (κ2) is 15.6. The predicted molar refractivity (Wildman–Crippen MR) is 130 cm³/mol. The van der Waals surface area contributed by atoms with E-state index in [-0.39, 0.29) is 37.0 Å². The molecule has 5 atom stereocenters. The van der Waals surface area contributed by atoms with Crippen LogP contribution in [-0.4, -0.2) is 64.6 Å². The number of carbonyl (C=O) groups excluding carboxylic acids is 2. The van der Waals surface area contributed by atoms with E-state index in [2.05, 4.69) is 12.2 Å². The Morgan fingerprint density at radius 1 is 1.27 bits per heavy atom. The van der Waals surface area contributed by atoms with Gasteiger partial charge in [0.15, 0.2) is 5.78 Å². The third-order valence-electron chi connectivity index (χ3n) is 6.39. The minimum absolute atomic E-state index is 0.0537. The Kier molecular flexibility index (Phi) is 14.1. The quantitative estimate of drug-likeness (QED) is 0.208. The Morgan fingerprint density at radius 3 is 2.61 bits per heavy atom. The molecule has 1 saturated carbocycles. The largest absolute Gasteiger partial charge is 0.390 e. The lowest BCUT2D eigenvalue weighted by atomic mass is 9.69. The van der Waals surface area contributed by atoms with Gasteiger partial charge in [0.05, 0.1) is 18.1 Å². The average molecular weight is 488 g/mol. The molecular weight excluding hydrogens is 446 g/mol. The number of aliphatic hydroxyl groups is 3. The lowest BCUT2D eigenvalue weighted by molar-refractivity contribution is -0.166. The van der Waals surface area contributed by atoms with E-state index in [1.807, 2.05) is 12.2 Å². The SMILES string of the molecule is CCCCCCC[C@@H](C/C=C/CCC(=O)NC/C(=C/Cl)[C@@H]1C(=O)[C@H](O)C[C@@H](O)[C@]1(C)O)OC. The molecular formula is C25H42ClNO6. The number of unbranched alkanes of at least 4 members (excludes halogenated alkanes) is 4. The van der Waals surface area contributed by atoms with Crippen molar-refractivity contribution in [3.63, 3.8) is 0 Å². The summed E-state index contributed by atoms with van der Waals surface area (Å²) in [5, 5.41) is 33.3. The number of nitrogens with one attached hydrogen (secondary N) is 1. The molecule has 1 fully saturated rings. The fraction of sp³-hybridized carbons (Fsp3) is 0.760. The first-order valence-corrected chi connectivity index (χ1v) is 12.5. The second-order valence-electron chi connectivity index (χ2n) is 9.10. The molecule has 0 radical (unpaired) electrons. The Balaban J connectivity index is 2.41. The van der Waals surface area contributed by atoms with Crippen molar-refractivity contribution in [3.8, 4) is 0 Å². The highest BCUT2D eigenvalue weighted by Crippen LogP contribution is 2.36. The van der Waals surface area contributed by atoms with E-state index in [0.717, 1.165) is 24.8 Å². The van der Waals surface area contributed by atoms with Crippen LogP contribution in [-0.2, 0) is 14.3 Å². The molecule has 0 unspecified atom stereocenters. The first-order valence-electron chi connectivity index (χ1n) is 12.0. The monoisotopic (exact) mass is 487 g/mol. The average Bonchev–Trinajstić information content (AvgIpc) is 2.78. The van der Waals surface area contributed by atoms with Crippen LogP contribution in [0, 0.1) is 5.92 Å². The zero-order chi connectivity index (χ0) is 24.9. The molecule has 8 heteroatoms. The number of allylic oxidation sites excluding steroid dienone is 1. The van der Waals surface area contributed by atoms with Gasteiger partial charge in [-0.3, -0.25) is 9.59 Å². The van der Waals surface area contributed by atoms with Crippen molar-refractivity contribution < 1.29 is 29.6 Å². The van der Waals surface area contributed by atoms with Crippen LogP contribution in [0.15, 0.2) is 23.3 Å². The molecule has 1 amide bonds. The maximum absolute atomic E-state index is 12.4. The van der Waals surface area contributed by atoms with Crippen LogP contribution in [0.2, 0.25) is 0 Å². The summed E-state index contributed by atoms with van der Waals surface area (Å²) in [6.45, 7) is 3.48. The number of hydrogen-bond acceptors (Lipinski definition) is 6. The molecule has 1 aliphatic rings. The van der Waals surface area contributed by atoms with Gasteiger partial charge in [-0.05, 0) is 31.8 Å². The van der Waals surface area contributed by atoms with E-state index in [4.69, 9.17) is 16.3 Å². The number of ketones is 1. The van der Waals surface area contributed by atoms with Crippen molar-refractivity contribution in [1.82, 2.24) is 5.32 Å². The zero-order valence-corrected chi connectivity index (χ0v) is 21.0. The molecule has 0 aliphatic heterocycles. The minimum Gasteiger partial charge on any atom is -0.390 e. The van der Waals surface area contributed by atoms with E-state index in [1.54, 1.807) is 7.11 Å². The van der Waals surface area contributed by atoms with Crippen LogP contribution in [0.1, 0.15) is 78.1 Å². The fourth-order valence-corrected chi connectivity index (χ4v) is 4.38. The Labute approximate surface area is 203 Å². The van der Waals surface area contributed by atoms with Gasteiger partial charge in [-0.1, -0.05) is 62.8 Å². The van der Waals surface area contributed by atoms with Crippen LogP contribution in [0.25, 0.3) is 0 Å². The minimum atomic E-state index is -1.78. The molecule has 0 spiro atoms. The molecule has 33 heavy (non-hydrogen) atoms. The number of Topliss-reactive ketones (excluding diaryl/α,β-unsaturated/α-hetero) is 1. The van der Waals surface area contributed by atoms with Gasteiger partial charge in [-0.2, -0.15) is 0 Å². The number of aliphatic hydroxyl groups excluding tert-OH is 2. The number of hydrogen-bond donors (Lipinski definition) is 4. The number of halogens is 1. The summed E-state index contributed by atoms with van der Waals surface area (Å²) in [5.41, 5.74) is -0.414. The van der Waals surface area contributed by atoms with Crippen molar-refractivity contribution in [2.45, 2.75) is 102 Å². The van der Waals surface area contributed by atoms with Gasteiger partial charge in [-0.25, -0.2) is 0 Å². The smallest absolute Gasteiger partial charge is 0.220 e. The molecule has 0 aromatic rings. The zero-order valence-electron chi connectivity index (χ0n) is 20.3. The summed E-state index contributed by atoms with van der Waals surface area (Å²) in [6.07, 6.45) is 10.1. The molecule has 7 nitrogen and oxygen atoms in total. The predicted octanol–water partition coefficient (Wildman–Crippen LogP) is 3.39. The molecule has 0 saturated heterocycles. The standard InChI is InChI=1S/C25H42ClNO6/c1-4-5-6-7-9-12-19(33-3)13-10-8-11-14-22(30)27-17-18(16-26)23-24(31)20(28)15-21(29)25(23,2)32/h8,10,16,19-21,23,28-29,32H,4-7,9,11-15,17H2,1-3H3,(H,27,30)/b10-8+,18-16-/t19-,20+,21+,23+,25-/m0/s1. The highest BCUT2D eigenvalue weighted by molar-refractivity contribution is 6.26. The number of methoxy groups -OCH3 is 1. The molecule has 0 aromatic carbocycles. The summed E-state index contributed by atoms with van der Waals surface area (Å²) in [6, 6.07) is 0. The summed E-state index contributed by atoms with van der Waals surface area (Å²) < 4.78 is 5.53. The maximum atomic E-state index is 12.4. The van der Waals surface area contributed by atoms with Crippen LogP contribution in [0.5, 0.6) is 0 Å². The molecule has 0 aromatic heterocycles. The Morgan fingerprint density at radius 2 is 1.97 bits per heavy atom. The van der Waals surface area contributed by atoms with Crippen LogP contribution >= 0.6 is 11.6 Å². The van der Waals surface area contributed by atoms with Gasteiger partial charge in [0, 0.05) is 32.0 Å². The van der Waals surface area contributed by atoms with Crippen molar-refractivity contribution in [2.24, 2.45) is 5.92 Å². The first kappa shape index (κ1) is 29.8. The number of carbonyl (C=O) groups is 2. The van der Waals surface area contributed by atoms with Crippen molar-refractivity contribution in [3.05, 3.63) is 23.3 Å². The molecule has 4 N–H and O–H groups in total. The number of rotatable bonds is 15. The number of amides is 1. The summed E-state index contributed by atoms with van der Waals surface area (Å²) in [7, 11) is 1.73. The lowest BCUT2D eigenvalue weighted by Gasteiger charge is -2.42. The first-order chi connectivity index (χ1) is 15.7. The molecule has 190 valence electrons. The summed E-state index contributed by atoms with van der Waals surface area (Å²) in [4.78, 5) is 24.6. The second-order valence-corrected chi connectivity index (χ2v) is 9.31. The summed E-state index contributed by atoms with van der Waals surface area (Å²) >= 11 is 5.86. The molecule has 1 aliphatic carbocycles. The van der Waals surface area contributed by atoms with Crippen LogP contribution in [0.4, 0.5) is 0 Å². The molecule has 0 bridgehead atoms. The van der Waals surface area contributed by atoms with Gasteiger partial charge in [0.1, 0.15) is 11.7 Å². The highest BCUT2D eigenvalue weighted by Gasteiger charge is 2.51. The van der Waals surface area contributed by atoms with E-state index in [0.29, 0.717) is 6.42 Å². The van der Waals surface area contributed by atoms with E-state index in [1.165, 1.54) is 32.6 Å². The van der Waals surface area contributed by atoms with E-state index < -0.39 is 29.5 Å². The lowest BCUT2D eigenvalue weighted by Crippen LogP contribution is -2.59. The Bertz CT molecular complexity index is 663. The normalized spacial score (nSPS) is 27.2. The third-order valence-corrected chi connectivity index (χ3v) is 6.67. The summed E-state index contributed by atoms with van der Waals surface area (Å²) in [5.74, 6) is -2.03. The van der Waals surface area contributed by atoms with Gasteiger partial charge >= 0.3 is 0 Å². The van der Waals surface area contributed by atoms with Crippen molar-refractivity contribution in [2.75, 3.05) is 13.7 Å². The fourth-order valence-electron chi connectivity index (χ4n) is 4.18. The highest BCUT2D eigenvalue weighted by atomic mass is 35.5. The third kappa shape index (κ3) is 9.87. The molecule has 1 rings (SSSR count). The maximum Gasteiger partial charge on any atom is 0.220 e. The van der Waals surface area contributed by atoms with E-state index >= 15 is 0 Å².